The molecule has 0 spiro atoms. The molecule has 10 heavy (non-hydrogen) atoms. The summed E-state index contributed by atoms with van der Waals surface area (Å²) in [5.74, 6) is 0. The molecule has 0 aromatic heterocycles. The van der Waals surface area contributed by atoms with Gasteiger partial charge in [-0.15, -0.1) is 0 Å². The minimum atomic E-state index is -0.325. The van der Waals surface area contributed by atoms with Crippen molar-refractivity contribution in [3.8, 4) is 0 Å². The second kappa shape index (κ2) is 4.66. The molecule has 0 heterocycles. The first-order chi connectivity index (χ1) is 4.74. The average molecular weight is 147 g/mol. The van der Waals surface area contributed by atoms with Gasteiger partial charge >= 0.3 is 0 Å². The summed E-state index contributed by atoms with van der Waals surface area (Å²) < 4.78 is 0. The smallest absolute Gasteiger partial charge is 0.0521 e. The lowest BCUT2D eigenvalue weighted by Gasteiger charge is -2.27. The Balaban J connectivity index is 3.87. The van der Waals surface area contributed by atoms with Crippen molar-refractivity contribution in [3.05, 3.63) is 0 Å². The lowest BCUT2D eigenvalue weighted by atomic mass is 9.87. The molecule has 0 atom stereocenters. The number of nitrogens with one attached hydrogen (secondary N) is 1. The lowest BCUT2D eigenvalue weighted by Crippen LogP contribution is -2.38. The van der Waals surface area contributed by atoms with E-state index in [4.69, 9.17) is 10.2 Å². The predicted molar refractivity (Wildman–Crippen MR) is 40.8 cm³/mol. The quantitative estimate of drug-likeness (QED) is 0.495. The molecule has 3 nitrogen and oxygen atoms in total. The fraction of sp³-hybridized carbons (Fsp3) is 1.00. The summed E-state index contributed by atoms with van der Waals surface area (Å²) >= 11 is 0. The van der Waals surface area contributed by atoms with E-state index in [1.807, 2.05) is 14.0 Å². The molecule has 0 rings (SSSR count). The van der Waals surface area contributed by atoms with Gasteiger partial charge in [0.25, 0.3) is 0 Å². The van der Waals surface area contributed by atoms with Crippen molar-refractivity contribution in [2.45, 2.75) is 13.3 Å². The van der Waals surface area contributed by atoms with Crippen LogP contribution in [0.5, 0.6) is 0 Å². The van der Waals surface area contributed by atoms with Gasteiger partial charge in [0.15, 0.2) is 0 Å². The monoisotopic (exact) mass is 147 g/mol. The van der Waals surface area contributed by atoms with E-state index in [0.29, 0.717) is 6.54 Å². The summed E-state index contributed by atoms with van der Waals surface area (Å²) in [5.41, 5.74) is -0.325. The molecule has 0 aliphatic heterocycles. The normalized spacial score (nSPS) is 12.0. The maximum atomic E-state index is 8.91. The van der Waals surface area contributed by atoms with Crippen molar-refractivity contribution in [1.29, 1.82) is 0 Å². The van der Waals surface area contributed by atoms with Crippen LogP contribution in [0, 0.1) is 5.41 Å². The molecule has 0 fully saturated rings. The van der Waals surface area contributed by atoms with Crippen LogP contribution in [0.1, 0.15) is 13.3 Å². The number of hydrogen-bond donors (Lipinski definition) is 3. The van der Waals surface area contributed by atoms with E-state index in [1.165, 1.54) is 0 Å². The van der Waals surface area contributed by atoms with Crippen molar-refractivity contribution >= 4 is 0 Å². The maximum absolute atomic E-state index is 8.91. The molecule has 3 heteroatoms. The van der Waals surface area contributed by atoms with E-state index in [9.17, 15) is 0 Å². The molecule has 0 radical (unpaired) electrons. The van der Waals surface area contributed by atoms with Gasteiger partial charge in [0.1, 0.15) is 0 Å². The van der Waals surface area contributed by atoms with E-state index in [0.717, 1.165) is 6.42 Å². The molecule has 0 aliphatic rings. The molecule has 62 valence electrons. The van der Waals surface area contributed by atoms with Gasteiger partial charge in [-0.2, -0.15) is 0 Å². The first-order valence-corrected chi connectivity index (χ1v) is 3.61. The van der Waals surface area contributed by atoms with E-state index >= 15 is 0 Å². The van der Waals surface area contributed by atoms with Gasteiger partial charge in [-0.3, -0.25) is 0 Å². The Morgan fingerprint density at radius 2 is 1.80 bits per heavy atom. The van der Waals surface area contributed by atoms with Gasteiger partial charge in [-0.25, -0.2) is 0 Å². The fourth-order valence-corrected chi connectivity index (χ4v) is 0.885. The van der Waals surface area contributed by atoms with Crippen molar-refractivity contribution in [3.63, 3.8) is 0 Å². The number of aliphatic hydroxyl groups is 2. The van der Waals surface area contributed by atoms with Gasteiger partial charge < -0.3 is 15.5 Å². The Bertz CT molecular complexity index is 73.4. The summed E-state index contributed by atoms with van der Waals surface area (Å²) in [5, 5.41) is 20.8. The van der Waals surface area contributed by atoms with Gasteiger partial charge in [0, 0.05) is 12.0 Å². The maximum Gasteiger partial charge on any atom is 0.0521 e. The minimum absolute atomic E-state index is 0.0425. The van der Waals surface area contributed by atoms with Crippen molar-refractivity contribution < 1.29 is 10.2 Å². The van der Waals surface area contributed by atoms with Crippen LogP contribution in [-0.4, -0.2) is 37.0 Å². The Hall–Kier alpha value is -0.120. The van der Waals surface area contributed by atoms with E-state index in [2.05, 4.69) is 5.32 Å². The highest BCUT2D eigenvalue weighted by Gasteiger charge is 2.25. The van der Waals surface area contributed by atoms with E-state index in [-0.39, 0.29) is 18.6 Å². The van der Waals surface area contributed by atoms with Gasteiger partial charge in [0.05, 0.1) is 13.2 Å². The van der Waals surface area contributed by atoms with Crippen molar-refractivity contribution in [2.75, 3.05) is 26.8 Å². The van der Waals surface area contributed by atoms with Gasteiger partial charge in [-0.05, 0) is 13.5 Å². The highest BCUT2D eigenvalue weighted by molar-refractivity contribution is 4.77. The van der Waals surface area contributed by atoms with Crippen molar-refractivity contribution in [1.82, 2.24) is 5.32 Å². The van der Waals surface area contributed by atoms with E-state index < -0.39 is 0 Å². The third kappa shape index (κ3) is 2.25. The minimum Gasteiger partial charge on any atom is -0.396 e. The summed E-state index contributed by atoms with van der Waals surface area (Å²) in [7, 11) is 1.82. The molecular formula is C7H17NO2. The Morgan fingerprint density at radius 3 is 1.90 bits per heavy atom. The van der Waals surface area contributed by atoms with Crippen LogP contribution in [0.15, 0.2) is 0 Å². The first-order valence-electron chi connectivity index (χ1n) is 3.61. The topological polar surface area (TPSA) is 52.5 Å². The van der Waals surface area contributed by atoms with Crippen LogP contribution in [0.3, 0.4) is 0 Å². The molecule has 0 amide bonds. The second-order valence-corrected chi connectivity index (χ2v) is 2.70. The Morgan fingerprint density at radius 1 is 1.30 bits per heavy atom. The molecule has 0 unspecified atom stereocenters. The van der Waals surface area contributed by atoms with Crippen LogP contribution >= 0.6 is 0 Å². The van der Waals surface area contributed by atoms with E-state index in [1.54, 1.807) is 0 Å². The molecule has 3 N–H and O–H groups in total. The average Bonchev–Trinajstić information content (AvgIpc) is 2.01. The van der Waals surface area contributed by atoms with Gasteiger partial charge in [0.2, 0.25) is 0 Å². The van der Waals surface area contributed by atoms with Crippen LogP contribution in [-0.2, 0) is 0 Å². The zero-order valence-electron chi connectivity index (χ0n) is 6.72. The third-order valence-electron chi connectivity index (χ3n) is 1.97. The predicted octanol–water partition coefficient (Wildman–Crippen LogP) is -0.413. The first kappa shape index (κ1) is 9.88. The Kier molecular flexibility index (Phi) is 4.60. The summed E-state index contributed by atoms with van der Waals surface area (Å²) in [4.78, 5) is 0. The zero-order valence-corrected chi connectivity index (χ0v) is 6.72. The highest BCUT2D eigenvalue weighted by Crippen LogP contribution is 2.18. The highest BCUT2D eigenvalue weighted by atomic mass is 16.3. The number of aliphatic hydroxyl groups excluding tert-OH is 2. The summed E-state index contributed by atoms with van der Waals surface area (Å²) in [6.45, 7) is 2.71. The molecule has 0 bridgehead atoms. The largest absolute Gasteiger partial charge is 0.396 e. The Labute approximate surface area is 62.1 Å². The molecular weight excluding hydrogens is 130 g/mol. The SMILES string of the molecule is CCC(CO)(CO)CNC. The third-order valence-corrected chi connectivity index (χ3v) is 1.97. The molecule has 0 aromatic rings. The van der Waals surface area contributed by atoms with Crippen LogP contribution in [0.4, 0.5) is 0 Å². The van der Waals surface area contributed by atoms with Crippen LogP contribution in [0.2, 0.25) is 0 Å². The van der Waals surface area contributed by atoms with Crippen LogP contribution < -0.4 is 5.32 Å². The van der Waals surface area contributed by atoms with Crippen molar-refractivity contribution in [2.24, 2.45) is 5.41 Å². The molecule has 0 aromatic carbocycles. The molecule has 0 aliphatic carbocycles. The summed E-state index contributed by atoms with van der Waals surface area (Å²) in [6, 6.07) is 0. The summed E-state index contributed by atoms with van der Waals surface area (Å²) in [6.07, 6.45) is 0.792. The van der Waals surface area contributed by atoms with Crippen LogP contribution in [0.25, 0.3) is 0 Å². The number of rotatable bonds is 5. The standard InChI is InChI=1S/C7H17NO2/c1-3-7(5-9,6-10)4-8-2/h8-10H,3-6H2,1-2H3. The van der Waals surface area contributed by atoms with Gasteiger partial charge in [-0.1, -0.05) is 6.92 Å². The zero-order chi connectivity index (χ0) is 8.04. The fourth-order valence-electron chi connectivity index (χ4n) is 0.885. The second-order valence-electron chi connectivity index (χ2n) is 2.70. The molecule has 0 saturated carbocycles. The molecule has 0 saturated heterocycles. The lowest BCUT2D eigenvalue weighted by molar-refractivity contribution is 0.0527. The number of hydrogen-bond acceptors (Lipinski definition) is 3.